The summed E-state index contributed by atoms with van der Waals surface area (Å²) in [5, 5.41) is 18.8. The van der Waals surface area contributed by atoms with Crippen LogP contribution in [0, 0.1) is 11.8 Å². The number of pyridine rings is 1. The topological polar surface area (TPSA) is 82.8 Å². The quantitative estimate of drug-likeness (QED) is 0.884. The summed E-state index contributed by atoms with van der Waals surface area (Å²) >= 11 is 0. The van der Waals surface area contributed by atoms with Crippen molar-refractivity contribution in [1.82, 2.24) is 9.47 Å². The lowest BCUT2D eigenvalue weighted by Gasteiger charge is -2.35. The molecule has 1 saturated heterocycles. The molecule has 0 saturated carbocycles. The fourth-order valence-electron chi connectivity index (χ4n) is 3.34. The van der Waals surface area contributed by atoms with Gasteiger partial charge in [-0.2, -0.15) is 0 Å². The summed E-state index contributed by atoms with van der Waals surface area (Å²) in [7, 11) is 0. The van der Waals surface area contributed by atoms with Crippen molar-refractivity contribution in [2.45, 2.75) is 39.8 Å². The lowest BCUT2D eigenvalue weighted by atomic mass is 9.92. The maximum absolute atomic E-state index is 11.7. The number of carboxylic acids is 1. The molecule has 2 rings (SSSR count). The van der Waals surface area contributed by atoms with Crippen molar-refractivity contribution in [3.05, 3.63) is 28.2 Å². The van der Waals surface area contributed by atoms with Gasteiger partial charge in [-0.3, -0.25) is 9.69 Å². The summed E-state index contributed by atoms with van der Waals surface area (Å²) in [6.07, 6.45) is 2.41. The molecule has 0 aromatic carbocycles. The summed E-state index contributed by atoms with van der Waals surface area (Å²) < 4.78 is 1.48. The van der Waals surface area contributed by atoms with Gasteiger partial charge in [0.1, 0.15) is 6.04 Å². The summed E-state index contributed by atoms with van der Waals surface area (Å²) in [6, 6.07) is 0.514. The maximum atomic E-state index is 11.7. The van der Waals surface area contributed by atoms with Gasteiger partial charge >= 0.3 is 5.97 Å². The van der Waals surface area contributed by atoms with Crippen molar-refractivity contribution < 1.29 is 15.0 Å². The standard InChI is InChI=1S/C16H24N2O4/c1-10-4-11(2)7-17(6-10)8-13-5-14(19)15(20)9-18(13)12(3)16(21)22/h5,9-12,20H,4,6-8H2,1-3H3,(H,21,22). The summed E-state index contributed by atoms with van der Waals surface area (Å²) in [5.41, 5.74) is 0.154. The van der Waals surface area contributed by atoms with Gasteiger partial charge < -0.3 is 14.8 Å². The molecule has 122 valence electrons. The Morgan fingerprint density at radius 1 is 1.36 bits per heavy atom. The Labute approximate surface area is 130 Å². The van der Waals surface area contributed by atoms with E-state index < -0.39 is 23.2 Å². The van der Waals surface area contributed by atoms with Crippen LogP contribution < -0.4 is 5.43 Å². The Morgan fingerprint density at radius 3 is 2.50 bits per heavy atom. The molecule has 3 atom stereocenters. The number of aromatic hydroxyl groups is 1. The summed E-state index contributed by atoms with van der Waals surface area (Å²) in [5.74, 6) is -0.252. The first-order valence-corrected chi connectivity index (χ1v) is 7.67. The predicted molar refractivity (Wildman–Crippen MR) is 82.9 cm³/mol. The smallest absolute Gasteiger partial charge is 0.326 e. The van der Waals surface area contributed by atoms with E-state index in [1.807, 2.05) is 0 Å². The van der Waals surface area contributed by atoms with Crippen molar-refractivity contribution in [3.63, 3.8) is 0 Å². The fraction of sp³-hybridized carbons (Fsp3) is 0.625. The molecular weight excluding hydrogens is 284 g/mol. The number of nitrogens with zero attached hydrogens (tertiary/aromatic N) is 2. The van der Waals surface area contributed by atoms with Gasteiger partial charge in [0.15, 0.2) is 5.75 Å². The fourth-order valence-corrected chi connectivity index (χ4v) is 3.34. The van der Waals surface area contributed by atoms with Crippen molar-refractivity contribution in [1.29, 1.82) is 0 Å². The zero-order valence-corrected chi connectivity index (χ0v) is 13.3. The molecule has 0 spiro atoms. The van der Waals surface area contributed by atoms with Crippen LogP contribution in [0.4, 0.5) is 0 Å². The molecule has 0 aliphatic carbocycles. The van der Waals surface area contributed by atoms with Crippen LogP contribution in [0.5, 0.6) is 5.75 Å². The van der Waals surface area contributed by atoms with Crippen molar-refractivity contribution in [2.24, 2.45) is 11.8 Å². The van der Waals surface area contributed by atoms with E-state index >= 15 is 0 Å². The Kier molecular flexibility index (Phi) is 4.90. The molecule has 1 fully saturated rings. The van der Waals surface area contributed by atoms with Gasteiger partial charge in [-0.25, -0.2) is 4.79 Å². The van der Waals surface area contributed by atoms with E-state index in [0.29, 0.717) is 24.1 Å². The number of carbonyl (C=O) groups is 1. The molecule has 0 bridgehead atoms. The normalized spacial score (nSPS) is 24.1. The molecule has 2 N–H and O–H groups in total. The third-order valence-corrected chi connectivity index (χ3v) is 4.25. The molecule has 1 aromatic heterocycles. The largest absolute Gasteiger partial charge is 0.503 e. The van der Waals surface area contributed by atoms with E-state index in [0.717, 1.165) is 13.1 Å². The number of piperidine rings is 1. The van der Waals surface area contributed by atoms with E-state index in [9.17, 15) is 19.8 Å². The highest BCUT2D eigenvalue weighted by Gasteiger charge is 2.24. The second-order valence-corrected chi connectivity index (χ2v) is 6.58. The number of hydrogen-bond donors (Lipinski definition) is 2. The lowest BCUT2D eigenvalue weighted by Crippen LogP contribution is -2.39. The average Bonchev–Trinajstić information content (AvgIpc) is 2.40. The number of aromatic nitrogens is 1. The highest BCUT2D eigenvalue weighted by Crippen LogP contribution is 2.23. The Bertz CT molecular complexity index is 601. The van der Waals surface area contributed by atoms with Gasteiger partial charge in [0.2, 0.25) is 5.43 Å². The molecule has 1 aromatic rings. The molecule has 1 aliphatic heterocycles. The van der Waals surface area contributed by atoms with Crippen molar-refractivity contribution in [2.75, 3.05) is 13.1 Å². The number of aliphatic carboxylic acids is 1. The van der Waals surface area contributed by atoms with Crippen LogP contribution in [0.25, 0.3) is 0 Å². The lowest BCUT2D eigenvalue weighted by molar-refractivity contribution is -0.140. The minimum absolute atomic E-state index is 0.419. The van der Waals surface area contributed by atoms with E-state index in [1.54, 1.807) is 0 Å². The van der Waals surface area contributed by atoms with Gasteiger partial charge in [-0.1, -0.05) is 13.8 Å². The number of carboxylic acid groups (broad SMARTS) is 1. The van der Waals surface area contributed by atoms with Gasteiger partial charge in [0.05, 0.1) is 6.20 Å². The first kappa shape index (κ1) is 16.5. The number of rotatable bonds is 4. The third-order valence-electron chi connectivity index (χ3n) is 4.25. The zero-order valence-electron chi connectivity index (χ0n) is 13.3. The second kappa shape index (κ2) is 6.52. The van der Waals surface area contributed by atoms with Crippen LogP contribution >= 0.6 is 0 Å². The van der Waals surface area contributed by atoms with Crippen LogP contribution in [0.2, 0.25) is 0 Å². The minimum atomic E-state index is -0.996. The van der Waals surface area contributed by atoms with Gasteiger partial charge in [0, 0.05) is 31.4 Å². The number of hydrogen-bond acceptors (Lipinski definition) is 4. The van der Waals surface area contributed by atoms with Crippen molar-refractivity contribution in [3.8, 4) is 5.75 Å². The Morgan fingerprint density at radius 2 is 1.95 bits per heavy atom. The first-order valence-electron chi connectivity index (χ1n) is 7.67. The van der Waals surface area contributed by atoms with E-state index in [1.165, 1.54) is 30.2 Å². The first-order chi connectivity index (χ1) is 10.3. The Hall–Kier alpha value is -1.82. The van der Waals surface area contributed by atoms with Crippen molar-refractivity contribution >= 4 is 5.97 Å². The van der Waals surface area contributed by atoms with Gasteiger partial charge in [0.25, 0.3) is 0 Å². The van der Waals surface area contributed by atoms with Crippen LogP contribution in [0.1, 0.15) is 38.9 Å². The SMILES string of the molecule is CC1CC(C)CN(Cc2cc(=O)c(O)cn2C(C)C(=O)O)C1. The molecular formula is C16H24N2O4. The number of likely N-dealkylation sites (tertiary alicyclic amines) is 1. The Balaban J connectivity index is 2.31. The van der Waals surface area contributed by atoms with Crippen LogP contribution in [-0.4, -0.2) is 38.7 Å². The van der Waals surface area contributed by atoms with E-state index in [-0.39, 0.29) is 0 Å². The van der Waals surface area contributed by atoms with Gasteiger partial charge in [-0.05, 0) is 25.2 Å². The average molecular weight is 308 g/mol. The highest BCUT2D eigenvalue weighted by atomic mass is 16.4. The molecule has 1 aliphatic rings. The molecule has 3 unspecified atom stereocenters. The molecule has 22 heavy (non-hydrogen) atoms. The van der Waals surface area contributed by atoms with E-state index in [4.69, 9.17) is 0 Å². The highest BCUT2D eigenvalue weighted by molar-refractivity contribution is 5.71. The van der Waals surface area contributed by atoms with Crippen LogP contribution in [0.3, 0.4) is 0 Å². The molecule has 2 heterocycles. The van der Waals surface area contributed by atoms with Crippen LogP contribution in [0.15, 0.2) is 17.1 Å². The van der Waals surface area contributed by atoms with Crippen LogP contribution in [-0.2, 0) is 11.3 Å². The minimum Gasteiger partial charge on any atom is -0.503 e. The maximum Gasteiger partial charge on any atom is 0.326 e. The summed E-state index contributed by atoms with van der Waals surface area (Å²) in [4.78, 5) is 25.2. The second-order valence-electron chi connectivity index (χ2n) is 6.58. The summed E-state index contributed by atoms with van der Waals surface area (Å²) in [6.45, 7) is 8.32. The van der Waals surface area contributed by atoms with Gasteiger partial charge in [-0.15, -0.1) is 0 Å². The molecule has 6 nitrogen and oxygen atoms in total. The molecule has 6 heteroatoms. The predicted octanol–water partition coefficient (Wildman–Crippen LogP) is 1.68. The van der Waals surface area contributed by atoms with E-state index in [2.05, 4.69) is 18.7 Å². The molecule has 0 amide bonds. The molecule has 0 radical (unpaired) electrons. The third kappa shape index (κ3) is 3.68. The zero-order chi connectivity index (χ0) is 16.4. The monoisotopic (exact) mass is 308 g/mol.